The zero-order chi connectivity index (χ0) is 8.55. The zero-order valence-electron chi connectivity index (χ0n) is 7.25. The minimum atomic E-state index is 0.117. The molecule has 0 aromatic heterocycles. The SMILES string of the molecule is CCc1ccc2c(c1)C=CC2N. The first-order valence-corrected chi connectivity index (χ1v) is 4.38. The number of aryl methyl sites for hydroxylation is 1. The van der Waals surface area contributed by atoms with Crippen molar-refractivity contribution in [1.82, 2.24) is 0 Å². The number of fused-ring (bicyclic) bond motifs is 1. The van der Waals surface area contributed by atoms with Gasteiger partial charge in [0.2, 0.25) is 0 Å². The second-order valence-electron chi connectivity index (χ2n) is 3.20. The Bertz CT molecular complexity index is 326. The third-order valence-corrected chi connectivity index (χ3v) is 2.40. The molecule has 1 aromatic carbocycles. The molecule has 1 aliphatic carbocycles. The van der Waals surface area contributed by atoms with Crippen molar-refractivity contribution < 1.29 is 0 Å². The second-order valence-corrected chi connectivity index (χ2v) is 3.20. The minimum Gasteiger partial charge on any atom is -0.321 e. The van der Waals surface area contributed by atoms with Crippen molar-refractivity contribution in [2.24, 2.45) is 5.73 Å². The van der Waals surface area contributed by atoms with Crippen molar-refractivity contribution in [3.63, 3.8) is 0 Å². The van der Waals surface area contributed by atoms with E-state index in [1.54, 1.807) is 0 Å². The lowest BCUT2D eigenvalue weighted by molar-refractivity contribution is 0.928. The average Bonchev–Trinajstić information content (AvgIpc) is 2.47. The molecule has 1 heteroatoms. The Hall–Kier alpha value is -1.08. The van der Waals surface area contributed by atoms with Crippen LogP contribution in [0.15, 0.2) is 24.3 Å². The monoisotopic (exact) mass is 159 g/mol. The predicted molar refractivity (Wildman–Crippen MR) is 51.8 cm³/mol. The molecule has 0 aliphatic heterocycles. The quantitative estimate of drug-likeness (QED) is 0.668. The van der Waals surface area contributed by atoms with Crippen molar-refractivity contribution in [1.29, 1.82) is 0 Å². The summed E-state index contributed by atoms with van der Waals surface area (Å²) < 4.78 is 0. The molecular formula is C11H13N. The van der Waals surface area contributed by atoms with Gasteiger partial charge in [-0.25, -0.2) is 0 Å². The first kappa shape index (κ1) is 7.56. The van der Waals surface area contributed by atoms with Crippen LogP contribution in [0.4, 0.5) is 0 Å². The highest BCUT2D eigenvalue weighted by Crippen LogP contribution is 2.26. The Kier molecular flexibility index (Phi) is 1.74. The van der Waals surface area contributed by atoms with Crippen LogP contribution < -0.4 is 5.73 Å². The van der Waals surface area contributed by atoms with Gasteiger partial charge in [-0.3, -0.25) is 0 Å². The Balaban J connectivity index is 2.47. The van der Waals surface area contributed by atoms with Crippen LogP contribution in [0.1, 0.15) is 29.7 Å². The van der Waals surface area contributed by atoms with Crippen molar-refractivity contribution in [2.45, 2.75) is 19.4 Å². The van der Waals surface area contributed by atoms with Crippen LogP contribution in [0.2, 0.25) is 0 Å². The van der Waals surface area contributed by atoms with Gasteiger partial charge in [0, 0.05) is 6.04 Å². The smallest absolute Gasteiger partial charge is 0.0490 e. The maximum atomic E-state index is 5.85. The molecule has 1 aromatic rings. The van der Waals surface area contributed by atoms with Gasteiger partial charge in [-0.1, -0.05) is 37.3 Å². The van der Waals surface area contributed by atoms with Crippen LogP contribution in [0.3, 0.4) is 0 Å². The summed E-state index contributed by atoms with van der Waals surface area (Å²) >= 11 is 0. The molecule has 0 amide bonds. The summed E-state index contributed by atoms with van der Waals surface area (Å²) in [5.41, 5.74) is 9.78. The summed E-state index contributed by atoms with van der Waals surface area (Å²) in [6, 6.07) is 6.63. The van der Waals surface area contributed by atoms with Crippen molar-refractivity contribution in [3.05, 3.63) is 41.0 Å². The maximum absolute atomic E-state index is 5.85. The first-order valence-electron chi connectivity index (χ1n) is 4.38. The van der Waals surface area contributed by atoms with Gasteiger partial charge in [-0.15, -0.1) is 0 Å². The molecule has 0 heterocycles. The Morgan fingerprint density at radius 3 is 3.00 bits per heavy atom. The Morgan fingerprint density at radius 2 is 2.25 bits per heavy atom. The minimum absolute atomic E-state index is 0.117. The molecule has 0 fully saturated rings. The fraction of sp³-hybridized carbons (Fsp3) is 0.273. The van der Waals surface area contributed by atoms with Gasteiger partial charge in [0.25, 0.3) is 0 Å². The third-order valence-electron chi connectivity index (χ3n) is 2.40. The highest BCUT2D eigenvalue weighted by atomic mass is 14.6. The molecule has 1 atom stereocenters. The molecule has 0 saturated carbocycles. The van der Waals surface area contributed by atoms with E-state index in [9.17, 15) is 0 Å². The molecule has 12 heavy (non-hydrogen) atoms. The molecule has 1 unspecified atom stereocenters. The van der Waals surface area contributed by atoms with Gasteiger partial charge < -0.3 is 5.73 Å². The van der Waals surface area contributed by atoms with E-state index in [0.29, 0.717) is 0 Å². The highest BCUT2D eigenvalue weighted by Gasteiger charge is 2.12. The summed E-state index contributed by atoms with van der Waals surface area (Å²) in [5.74, 6) is 0. The van der Waals surface area contributed by atoms with Crippen molar-refractivity contribution in [3.8, 4) is 0 Å². The summed E-state index contributed by atoms with van der Waals surface area (Å²) in [6.07, 6.45) is 5.25. The second kappa shape index (κ2) is 2.76. The van der Waals surface area contributed by atoms with Gasteiger partial charge >= 0.3 is 0 Å². The van der Waals surface area contributed by atoms with E-state index in [1.165, 1.54) is 16.7 Å². The molecule has 2 rings (SSSR count). The van der Waals surface area contributed by atoms with Gasteiger partial charge in [-0.05, 0) is 23.1 Å². The Morgan fingerprint density at radius 1 is 1.42 bits per heavy atom. The van der Waals surface area contributed by atoms with E-state index < -0.39 is 0 Å². The number of rotatable bonds is 1. The highest BCUT2D eigenvalue weighted by molar-refractivity contribution is 5.62. The lowest BCUT2D eigenvalue weighted by atomic mass is 10.0. The molecule has 0 spiro atoms. The summed E-state index contributed by atoms with van der Waals surface area (Å²) in [5, 5.41) is 0. The van der Waals surface area contributed by atoms with E-state index in [4.69, 9.17) is 5.73 Å². The molecule has 2 N–H and O–H groups in total. The molecule has 0 bridgehead atoms. The van der Waals surface area contributed by atoms with Gasteiger partial charge in [0.05, 0.1) is 0 Å². The average molecular weight is 159 g/mol. The van der Waals surface area contributed by atoms with Gasteiger partial charge in [-0.2, -0.15) is 0 Å². The van der Waals surface area contributed by atoms with E-state index in [2.05, 4.69) is 31.2 Å². The number of hydrogen-bond donors (Lipinski definition) is 1. The van der Waals surface area contributed by atoms with E-state index in [-0.39, 0.29) is 6.04 Å². The summed E-state index contributed by atoms with van der Waals surface area (Å²) in [6.45, 7) is 2.17. The molecular weight excluding hydrogens is 146 g/mol. The standard InChI is InChI=1S/C11H13N/c1-2-8-3-5-10-9(7-8)4-6-11(10)12/h3-7,11H,2,12H2,1H3. The largest absolute Gasteiger partial charge is 0.321 e. The Labute approximate surface area is 72.9 Å². The van der Waals surface area contributed by atoms with Crippen LogP contribution in [-0.2, 0) is 6.42 Å². The normalized spacial score (nSPS) is 19.7. The third kappa shape index (κ3) is 1.07. The summed E-state index contributed by atoms with van der Waals surface area (Å²) in [7, 11) is 0. The lowest BCUT2D eigenvalue weighted by Gasteiger charge is -2.05. The lowest BCUT2D eigenvalue weighted by Crippen LogP contribution is -2.04. The summed E-state index contributed by atoms with van der Waals surface area (Å²) in [4.78, 5) is 0. The van der Waals surface area contributed by atoms with Crippen LogP contribution >= 0.6 is 0 Å². The van der Waals surface area contributed by atoms with E-state index in [1.807, 2.05) is 6.08 Å². The van der Waals surface area contributed by atoms with Crippen LogP contribution in [0.25, 0.3) is 6.08 Å². The van der Waals surface area contributed by atoms with Crippen molar-refractivity contribution >= 4 is 6.08 Å². The molecule has 1 nitrogen and oxygen atoms in total. The fourth-order valence-corrected chi connectivity index (χ4v) is 1.60. The molecule has 0 radical (unpaired) electrons. The molecule has 62 valence electrons. The topological polar surface area (TPSA) is 26.0 Å². The predicted octanol–water partition coefficient (Wildman–Crippen LogP) is 2.28. The van der Waals surface area contributed by atoms with E-state index in [0.717, 1.165) is 6.42 Å². The molecule has 0 saturated heterocycles. The van der Waals surface area contributed by atoms with Gasteiger partial charge in [0.1, 0.15) is 0 Å². The van der Waals surface area contributed by atoms with Crippen LogP contribution in [-0.4, -0.2) is 0 Å². The molecule has 1 aliphatic rings. The van der Waals surface area contributed by atoms with Crippen molar-refractivity contribution in [2.75, 3.05) is 0 Å². The number of nitrogens with two attached hydrogens (primary N) is 1. The van der Waals surface area contributed by atoms with Crippen LogP contribution in [0.5, 0.6) is 0 Å². The van der Waals surface area contributed by atoms with Crippen LogP contribution in [0, 0.1) is 0 Å². The first-order chi connectivity index (χ1) is 5.81. The number of benzene rings is 1. The van der Waals surface area contributed by atoms with Gasteiger partial charge in [0.15, 0.2) is 0 Å². The number of hydrogen-bond acceptors (Lipinski definition) is 1. The zero-order valence-corrected chi connectivity index (χ0v) is 7.25. The maximum Gasteiger partial charge on any atom is 0.0490 e. The fourth-order valence-electron chi connectivity index (χ4n) is 1.60. The van der Waals surface area contributed by atoms with E-state index >= 15 is 0 Å².